The van der Waals surface area contributed by atoms with Gasteiger partial charge in [0.2, 0.25) is 5.72 Å². The van der Waals surface area contributed by atoms with Crippen molar-refractivity contribution in [3.05, 3.63) is 46.2 Å². The number of phenolic OH excluding ortho intramolecular Hbond substituents is 1. The summed E-state index contributed by atoms with van der Waals surface area (Å²) in [7, 11) is 1.24. The molecule has 1 fully saturated rings. The molecule has 0 saturated carbocycles. The van der Waals surface area contributed by atoms with Crippen LogP contribution in [0.4, 0.5) is 18.0 Å². The maximum absolute atomic E-state index is 13.7. The highest BCUT2D eigenvalue weighted by molar-refractivity contribution is 7.12. The number of amides is 2. The smallest absolute Gasteiger partial charge is 0.437 e. The fourth-order valence-electron chi connectivity index (χ4n) is 3.08. The van der Waals surface area contributed by atoms with E-state index < -0.39 is 35.7 Å². The Bertz CT molecular complexity index is 903. The molecule has 28 heavy (non-hydrogen) atoms. The molecular weight excluding hydrogens is 401 g/mol. The number of halogens is 3. The third kappa shape index (κ3) is 3.27. The zero-order chi connectivity index (χ0) is 20.7. The first-order valence-electron chi connectivity index (χ1n) is 7.91. The van der Waals surface area contributed by atoms with E-state index in [9.17, 15) is 33.0 Å². The SMILES string of the molecule is COc1cc([C@@H]2NC(=O)N[C@](O)(C(F)(F)F)[C@@H]2C(=O)c2cccs2)ccc1O. The van der Waals surface area contributed by atoms with Crippen molar-refractivity contribution in [2.24, 2.45) is 5.92 Å². The van der Waals surface area contributed by atoms with Crippen LogP contribution in [0.3, 0.4) is 0 Å². The zero-order valence-electron chi connectivity index (χ0n) is 14.3. The molecule has 3 atom stereocenters. The lowest BCUT2D eigenvalue weighted by Gasteiger charge is -2.44. The highest BCUT2D eigenvalue weighted by atomic mass is 32.1. The second-order valence-corrected chi connectivity index (χ2v) is 7.04. The first kappa shape index (κ1) is 20.0. The number of ketones is 1. The number of benzene rings is 1. The predicted octanol–water partition coefficient (Wildman–Crippen LogP) is 2.57. The summed E-state index contributed by atoms with van der Waals surface area (Å²) in [5.74, 6) is -3.47. The minimum Gasteiger partial charge on any atom is -0.504 e. The number of hydrogen-bond acceptors (Lipinski definition) is 6. The summed E-state index contributed by atoms with van der Waals surface area (Å²) in [6, 6.07) is 3.56. The van der Waals surface area contributed by atoms with Crippen LogP contribution in [-0.2, 0) is 0 Å². The summed E-state index contributed by atoms with van der Waals surface area (Å²) in [6.45, 7) is 0. The summed E-state index contributed by atoms with van der Waals surface area (Å²) in [5.41, 5.74) is -3.76. The van der Waals surface area contributed by atoms with Crippen LogP contribution in [0.2, 0.25) is 0 Å². The Morgan fingerprint density at radius 3 is 2.61 bits per heavy atom. The van der Waals surface area contributed by atoms with E-state index in [0.717, 1.165) is 17.4 Å². The van der Waals surface area contributed by atoms with E-state index in [1.54, 1.807) is 0 Å². The van der Waals surface area contributed by atoms with E-state index in [4.69, 9.17) is 4.74 Å². The lowest BCUT2D eigenvalue weighted by molar-refractivity contribution is -0.287. The van der Waals surface area contributed by atoms with Gasteiger partial charge in [0.1, 0.15) is 5.92 Å². The molecule has 7 nitrogen and oxygen atoms in total. The van der Waals surface area contributed by atoms with Crippen LogP contribution in [0, 0.1) is 5.92 Å². The van der Waals surface area contributed by atoms with E-state index in [1.165, 1.54) is 42.1 Å². The van der Waals surface area contributed by atoms with Crippen LogP contribution in [0.25, 0.3) is 0 Å². The monoisotopic (exact) mass is 416 g/mol. The number of thiophene rings is 1. The average molecular weight is 416 g/mol. The van der Waals surface area contributed by atoms with Gasteiger partial charge >= 0.3 is 12.2 Å². The molecule has 1 aliphatic rings. The number of hydrogen-bond donors (Lipinski definition) is 4. The van der Waals surface area contributed by atoms with Gasteiger partial charge in [-0.3, -0.25) is 4.79 Å². The van der Waals surface area contributed by atoms with Gasteiger partial charge in [0, 0.05) is 0 Å². The Hall–Kier alpha value is -2.79. The predicted molar refractivity (Wildman–Crippen MR) is 92.2 cm³/mol. The molecule has 11 heteroatoms. The number of urea groups is 1. The van der Waals surface area contributed by atoms with Crippen molar-refractivity contribution in [1.82, 2.24) is 10.6 Å². The van der Waals surface area contributed by atoms with Crippen LogP contribution in [0.15, 0.2) is 35.7 Å². The van der Waals surface area contributed by atoms with Gasteiger partial charge < -0.3 is 25.6 Å². The van der Waals surface area contributed by atoms with Crippen molar-refractivity contribution in [3.8, 4) is 11.5 Å². The molecule has 2 aromatic rings. The largest absolute Gasteiger partial charge is 0.504 e. The number of methoxy groups -OCH3 is 1. The second-order valence-electron chi connectivity index (χ2n) is 6.09. The number of alkyl halides is 3. The molecule has 1 aromatic heterocycles. The van der Waals surface area contributed by atoms with Gasteiger partial charge in [-0.1, -0.05) is 12.1 Å². The average Bonchev–Trinajstić information content (AvgIpc) is 3.15. The Kier molecular flexibility index (Phi) is 4.98. The number of phenols is 1. The van der Waals surface area contributed by atoms with Crippen LogP contribution < -0.4 is 15.4 Å². The third-order valence-corrected chi connectivity index (χ3v) is 5.30. The number of ether oxygens (including phenoxy) is 1. The number of Topliss-reactive ketones (excluding diaryl/α,β-unsaturated/α-hetero) is 1. The summed E-state index contributed by atoms with van der Waals surface area (Å²) in [4.78, 5) is 24.8. The third-order valence-electron chi connectivity index (χ3n) is 4.42. The van der Waals surface area contributed by atoms with Gasteiger partial charge in [0.15, 0.2) is 17.3 Å². The van der Waals surface area contributed by atoms with Crippen molar-refractivity contribution in [3.63, 3.8) is 0 Å². The van der Waals surface area contributed by atoms with Gasteiger partial charge in [-0.05, 0) is 29.1 Å². The fourth-order valence-corrected chi connectivity index (χ4v) is 3.78. The lowest BCUT2D eigenvalue weighted by Crippen LogP contribution is -2.72. The van der Waals surface area contributed by atoms with Gasteiger partial charge in [0.25, 0.3) is 0 Å². The second kappa shape index (κ2) is 6.99. The molecule has 150 valence electrons. The van der Waals surface area contributed by atoms with Crippen molar-refractivity contribution in [2.75, 3.05) is 7.11 Å². The minimum absolute atomic E-state index is 0.0126. The van der Waals surface area contributed by atoms with Crippen LogP contribution >= 0.6 is 11.3 Å². The van der Waals surface area contributed by atoms with Crippen LogP contribution in [0.5, 0.6) is 11.5 Å². The molecule has 1 saturated heterocycles. The van der Waals surface area contributed by atoms with Gasteiger partial charge in [-0.25, -0.2) is 4.79 Å². The number of aromatic hydroxyl groups is 1. The maximum Gasteiger partial charge on any atom is 0.437 e. The molecule has 0 radical (unpaired) electrons. The first-order valence-corrected chi connectivity index (χ1v) is 8.79. The molecule has 2 heterocycles. The molecule has 1 aliphatic heterocycles. The molecule has 0 unspecified atom stereocenters. The van der Waals surface area contributed by atoms with Gasteiger partial charge in [-0.15, -0.1) is 11.3 Å². The Morgan fingerprint density at radius 2 is 2.04 bits per heavy atom. The molecule has 0 aliphatic carbocycles. The van der Waals surface area contributed by atoms with Crippen LogP contribution in [0.1, 0.15) is 21.3 Å². The van der Waals surface area contributed by atoms with Gasteiger partial charge in [0.05, 0.1) is 18.0 Å². The summed E-state index contributed by atoms with van der Waals surface area (Å²) in [5, 5.41) is 25.4. The Balaban J connectivity index is 2.17. The Morgan fingerprint density at radius 1 is 1.32 bits per heavy atom. The number of carbonyl (C=O) groups is 2. The van der Waals surface area contributed by atoms with E-state index in [2.05, 4.69) is 5.32 Å². The quantitative estimate of drug-likeness (QED) is 0.573. The standard InChI is InChI=1S/C17H15F3N2O5S/c1-27-10-7-8(4-5-9(10)23)13-12(14(24)11-3-2-6-28-11)16(26,17(18,19)20)22-15(25)21-13/h2-7,12-13,23,26H,1H3,(H2,21,22,25)/t12-,13-,16+/m0/s1. The van der Waals surface area contributed by atoms with Crippen molar-refractivity contribution in [2.45, 2.75) is 17.9 Å². The summed E-state index contributed by atoms with van der Waals surface area (Å²) >= 11 is 0.911. The highest BCUT2D eigenvalue weighted by Crippen LogP contribution is 2.45. The fraction of sp³-hybridized carbons (Fsp3) is 0.294. The topological polar surface area (TPSA) is 108 Å². The maximum atomic E-state index is 13.7. The number of aliphatic hydroxyl groups is 1. The van der Waals surface area contributed by atoms with Crippen molar-refractivity contribution < 1.29 is 37.7 Å². The molecular formula is C17H15F3N2O5S. The van der Waals surface area contributed by atoms with E-state index >= 15 is 0 Å². The number of carbonyl (C=O) groups excluding carboxylic acids is 2. The Labute approximate surface area is 160 Å². The molecule has 1 aromatic carbocycles. The molecule has 4 N–H and O–H groups in total. The first-order chi connectivity index (χ1) is 13.1. The van der Waals surface area contributed by atoms with Crippen LogP contribution in [-0.4, -0.2) is 41.0 Å². The van der Waals surface area contributed by atoms with E-state index in [0.29, 0.717) is 0 Å². The zero-order valence-corrected chi connectivity index (χ0v) is 15.1. The molecule has 0 spiro atoms. The number of nitrogens with one attached hydrogen (secondary N) is 2. The highest BCUT2D eigenvalue weighted by Gasteiger charge is 2.66. The number of rotatable bonds is 4. The molecule has 0 bridgehead atoms. The molecule has 2 amide bonds. The normalized spacial score (nSPS) is 25.0. The van der Waals surface area contributed by atoms with E-state index in [-0.39, 0.29) is 21.9 Å². The van der Waals surface area contributed by atoms with Gasteiger partial charge in [-0.2, -0.15) is 13.2 Å². The molecule has 3 rings (SSSR count). The minimum atomic E-state index is -5.33. The summed E-state index contributed by atoms with van der Waals surface area (Å²) in [6.07, 6.45) is -5.33. The summed E-state index contributed by atoms with van der Waals surface area (Å²) < 4.78 is 46.2. The van der Waals surface area contributed by atoms with Crippen molar-refractivity contribution >= 4 is 23.2 Å². The van der Waals surface area contributed by atoms with E-state index in [1.807, 2.05) is 0 Å². The van der Waals surface area contributed by atoms with Crippen molar-refractivity contribution in [1.29, 1.82) is 0 Å². The lowest BCUT2D eigenvalue weighted by atomic mass is 9.78.